The van der Waals surface area contributed by atoms with Gasteiger partial charge in [0, 0.05) is 37.4 Å². The molecule has 0 spiro atoms. The summed E-state index contributed by atoms with van der Waals surface area (Å²) in [6.45, 7) is 6.64. The Kier molecular flexibility index (Phi) is 7.28. The number of benzene rings is 2. The Morgan fingerprint density at radius 1 is 0.938 bits per heavy atom. The van der Waals surface area contributed by atoms with Gasteiger partial charge in [-0.3, -0.25) is 9.69 Å². The Bertz CT molecular complexity index is 1010. The second-order valence-electron chi connectivity index (χ2n) is 9.12. The highest BCUT2D eigenvalue weighted by Crippen LogP contribution is 2.22. The van der Waals surface area contributed by atoms with Crippen LogP contribution in [0.4, 0.5) is 5.69 Å². The summed E-state index contributed by atoms with van der Waals surface area (Å²) in [6, 6.07) is 14.2. The predicted octanol–water partition coefficient (Wildman–Crippen LogP) is 4.35. The van der Waals surface area contributed by atoms with Crippen molar-refractivity contribution in [3.63, 3.8) is 0 Å². The minimum atomic E-state index is -3.46. The van der Waals surface area contributed by atoms with Gasteiger partial charge in [0.25, 0.3) is 5.91 Å². The van der Waals surface area contributed by atoms with Crippen LogP contribution in [-0.4, -0.2) is 49.7 Å². The molecule has 2 fully saturated rings. The summed E-state index contributed by atoms with van der Waals surface area (Å²) in [5, 5.41) is 2.87. The Labute approximate surface area is 191 Å². The normalized spacial score (nSPS) is 20.7. The van der Waals surface area contributed by atoms with E-state index < -0.39 is 10.0 Å². The van der Waals surface area contributed by atoms with E-state index in [-0.39, 0.29) is 10.8 Å². The van der Waals surface area contributed by atoms with Crippen molar-refractivity contribution in [1.29, 1.82) is 0 Å². The van der Waals surface area contributed by atoms with Gasteiger partial charge in [0.15, 0.2) is 0 Å². The van der Waals surface area contributed by atoms with E-state index in [1.807, 2.05) is 24.3 Å². The number of hydrogen-bond acceptors (Lipinski definition) is 4. The van der Waals surface area contributed by atoms with Crippen molar-refractivity contribution in [1.82, 2.24) is 9.21 Å². The van der Waals surface area contributed by atoms with Gasteiger partial charge in [0.05, 0.1) is 4.90 Å². The Morgan fingerprint density at radius 2 is 1.62 bits per heavy atom. The number of nitrogens with zero attached hydrogens (tertiary/aromatic N) is 2. The first kappa shape index (κ1) is 23.0. The SMILES string of the molecule is C[C@H]1CCCN(Cc2ccc(C(=O)Nc3ccc(S(=O)(=O)N4CCCCC4)cc3)cc2)C1. The molecule has 1 atom stereocenters. The highest BCUT2D eigenvalue weighted by molar-refractivity contribution is 7.89. The molecule has 2 aliphatic heterocycles. The lowest BCUT2D eigenvalue weighted by Crippen LogP contribution is -2.35. The third-order valence-electron chi connectivity index (χ3n) is 6.43. The number of hydrogen-bond donors (Lipinski definition) is 1. The van der Waals surface area contributed by atoms with Crippen LogP contribution in [-0.2, 0) is 16.6 Å². The summed E-state index contributed by atoms with van der Waals surface area (Å²) in [5.74, 6) is 0.546. The molecule has 2 heterocycles. The van der Waals surface area contributed by atoms with Crippen LogP contribution in [0, 0.1) is 5.92 Å². The van der Waals surface area contributed by atoms with Gasteiger partial charge < -0.3 is 5.32 Å². The highest BCUT2D eigenvalue weighted by Gasteiger charge is 2.25. The number of piperidine rings is 2. The van der Waals surface area contributed by atoms with E-state index in [4.69, 9.17) is 0 Å². The lowest BCUT2D eigenvalue weighted by atomic mass is 9.99. The van der Waals surface area contributed by atoms with Crippen LogP contribution in [0.2, 0.25) is 0 Å². The third-order valence-corrected chi connectivity index (χ3v) is 8.34. The number of carbonyl (C=O) groups excluding carboxylic acids is 1. The monoisotopic (exact) mass is 455 g/mol. The minimum Gasteiger partial charge on any atom is -0.322 e. The average Bonchev–Trinajstić information content (AvgIpc) is 2.80. The van der Waals surface area contributed by atoms with Crippen molar-refractivity contribution in [2.45, 2.75) is 50.5 Å². The highest BCUT2D eigenvalue weighted by atomic mass is 32.2. The van der Waals surface area contributed by atoms with Crippen molar-refractivity contribution in [2.75, 3.05) is 31.5 Å². The van der Waals surface area contributed by atoms with Crippen LogP contribution in [0.25, 0.3) is 0 Å². The van der Waals surface area contributed by atoms with E-state index in [0.717, 1.165) is 44.8 Å². The molecule has 0 radical (unpaired) electrons. The maximum atomic E-state index is 12.8. The molecule has 1 amide bonds. The number of rotatable bonds is 6. The zero-order chi connectivity index (χ0) is 22.6. The van der Waals surface area contributed by atoms with Crippen LogP contribution >= 0.6 is 0 Å². The first-order valence-electron chi connectivity index (χ1n) is 11.6. The molecule has 1 N–H and O–H groups in total. The zero-order valence-electron chi connectivity index (χ0n) is 18.8. The lowest BCUT2D eigenvalue weighted by molar-refractivity contribution is 0.102. The molecule has 2 aliphatic rings. The number of amides is 1. The summed E-state index contributed by atoms with van der Waals surface area (Å²) in [4.78, 5) is 15.4. The topological polar surface area (TPSA) is 69.7 Å². The third kappa shape index (κ3) is 5.57. The number of likely N-dealkylation sites (tertiary alicyclic amines) is 1. The molecular weight excluding hydrogens is 422 g/mol. The summed E-state index contributed by atoms with van der Waals surface area (Å²) < 4.78 is 27.1. The van der Waals surface area contributed by atoms with E-state index >= 15 is 0 Å². The first-order chi connectivity index (χ1) is 15.4. The molecular formula is C25H33N3O3S. The Hall–Kier alpha value is -2.22. The molecule has 32 heavy (non-hydrogen) atoms. The Balaban J connectivity index is 1.35. The van der Waals surface area contributed by atoms with Crippen molar-refractivity contribution in [3.05, 3.63) is 59.7 Å². The van der Waals surface area contributed by atoms with E-state index in [2.05, 4.69) is 17.1 Å². The van der Waals surface area contributed by atoms with Crippen molar-refractivity contribution in [2.24, 2.45) is 5.92 Å². The van der Waals surface area contributed by atoms with Gasteiger partial charge in [-0.15, -0.1) is 0 Å². The minimum absolute atomic E-state index is 0.199. The molecule has 172 valence electrons. The molecule has 6 nitrogen and oxygen atoms in total. The van der Waals surface area contributed by atoms with Crippen LogP contribution in [0.1, 0.15) is 54.9 Å². The van der Waals surface area contributed by atoms with Gasteiger partial charge in [0.2, 0.25) is 10.0 Å². The number of anilines is 1. The summed E-state index contributed by atoms with van der Waals surface area (Å²) in [7, 11) is -3.46. The maximum absolute atomic E-state index is 12.8. The van der Waals surface area contributed by atoms with E-state index in [0.29, 0.717) is 24.3 Å². The molecule has 0 aromatic heterocycles. The summed E-state index contributed by atoms with van der Waals surface area (Å²) in [5.41, 5.74) is 2.38. The molecule has 0 saturated carbocycles. The summed E-state index contributed by atoms with van der Waals surface area (Å²) >= 11 is 0. The zero-order valence-corrected chi connectivity index (χ0v) is 19.6. The van der Waals surface area contributed by atoms with Crippen LogP contribution in [0.5, 0.6) is 0 Å². The van der Waals surface area contributed by atoms with Gasteiger partial charge in [-0.05, 0) is 80.1 Å². The molecule has 4 rings (SSSR count). The van der Waals surface area contributed by atoms with Crippen molar-refractivity contribution in [3.8, 4) is 0 Å². The van der Waals surface area contributed by atoms with E-state index in [1.54, 1.807) is 28.6 Å². The van der Waals surface area contributed by atoms with Crippen molar-refractivity contribution >= 4 is 21.6 Å². The predicted molar refractivity (Wildman–Crippen MR) is 127 cm³/mol. The van der Waals surface area contributed by atoms with Crippen LogP contribution in [0.15, 0.2) is 53.4 Å². The number of nitrogens with one attached hydrogen (secondary N) is 1. The van der Waals surface area contributed by atoms with Gasteiger partial charge in [0.1, 0.15) is 0 Å². The van der Waals surface area contributed by atoms with Gasteiger partial charge in [-0.25, -0.2) is 8.42 Å². The fourth-order valence-electron chi connectivity index (χ4n) is 4.62. The van der Waals surface area contributed by atoms with Gasteiger partial charge in [-0.1, -0.05) is 25.5 Å². The van der Waals surface area contributed by atoms with Gasteiger partial charge >= 0.3 is 0 Å². The fraction of sp³-hybridized carbons (Fsp3) is 0.480. The Morgan fingerprint density at radius 3 is 2.28 bits per heavy atom. The molecule has 2 aromatic rings. The number of sulfonamides is 1. The maximum Gasteiger partial charge on any atom is 0.255 e. The average molecular weight is 456 g/mol. The molecule has 0 bridgehead atoms. The van der Waals surface area contributed by atoms with Crippen molar-refractivity contribution < 1.29 is 13.2 Å². The molecule has 2 aromatic carbocycles. The molecule has 7 heteroatoms. The second kappa shape index (κ2) is 10.1. The second-order valence-corrected chi connectivity index (χ2v) is 11.1. The first-order valence-corrected chi connectivity index (χ1v) is 13.1. The largest absolute Gasteiger partial charge is 0.322 e. The lowest BCUT2D eigenvalue weighted by Gasteiger charge is -2.30. The quantitative estimate of drug-likeness (QED) is 0.703. The molecule has 0 aliphatic carbocycles. The fourth-order valence-corrected chi connectivity index (χ4v) is 6.13. The summed E-state index contributed by atoms with van der Waals surface area (Å²) in [6.07, 6.45) is 5.45. The smallest absolute Gasteiger partial charge is 0.255 e. The van der Waals surface area contributed by atoms with Crippen LogP contribution < -0.4 is 5.32 Å². The van der Waals surface area contributed by atoms with E-state index in [1.165, 1.54) is 18.4 Å². The molecule has 2 saturated heterocycles. The van der Waals surface area contributed by atoms with Crippen LogP contribution in [0.3, 0.4) is 0 Å². The van der Waals surface area contributed by atoms with E-state index in [9.17, 15) is 13.2 Å². The number of carbonyl (C=O) groups is 1. The molecule has 0 unspecified atom stereocenters. The standard InChI is InChI=1S/C25H33N3O3S/c1-20-6-5-15-27(18-20)19-21-7-9-22(10-8-21)25(29)26-23-11-13-24(14-12-23)32(30,31)28-16-3-2-4-17-28/h7-14,20H,2-6,15-19H2,1H3,(H,26,29)/t20-/m0/s1. The van der Waals surface area contributed by atoms with Gasteiger partial charge in [-0.2, -0.15) is 4.31 Å².